The summed E-state index contributed by atoms with van der Waals surface area (Å²) in [5, 5.41) is 20.8. The lowest BCUT2D eigenvalue weighted by Crippen LogP contribution is -2.30. The second kappa shape index (κ2) is 7.99. The molecule has 0 aliphatic carbocycles. The van der Waals surface area contributed by atoms with Gasteiger partial charge in [0.2, 0.25) is 0 Å². The summed E-state index contributed by atoms with van der Waals surface area (Å²) in [6, 6.07) is 2.31. The fraction of sp³-hybridized carbons (Fsp3) is 0.588. The zero-order valence-corrected chi connectivity index (χ0v) is 14.8. The molecule has 1 aromatic carbocycles. The Morgan fingerprint density at radius 1 is 1.42 bits per heavy atom. The number of hydrogen-bond donors (Lipinski definition) is 1. The highest BCUT2D eigenvalue weighted by Crippen LogP contribution is 2.35. The van der Waals surface area contributed by atoms with Crippen molar-refractivity contribution in [2.45, 2.75) is 47.1 Å². The molecule has 0 radical (unpaired) electrons. The number of phenolic OH excluding ortho intramolecular Hbond substituents is 1. The third-order valence-electron chi connectivity index (χ3n) is 4.07. The molecular weight excluding hydrogens is 314 g/mol. The van der Waals surface area contributed by atoms with Crippen LogP contribution in [0.1, 0.15) is 46.1 Å². The number of methoxy groups -OCH3 is 1. The molecule has 0 amide bonds. The van der Waals surface area contributed by atoms with Crippen molar-refractivity contribution in [2.75, 3.05) is 7.11 Å². The van der Waals surface area contributed by atoms with E-state index < -0.39 is 10.3 Å². The molecule has 134 valence electrons. The number of carbonyl (C=O) groups excluding carboxylic acids is 1. The smallest absolute Gasteiger partial charge is 0.312 e. The van der Waals surface area contributed by atoms with Crippen LogP contribution in [0.4, 0.5) is 5.69 Å². The van der Waals surface area contributed by atoms with Crippen molar-refractivity contribution in [3.63, 3.8) is 0 Å². The third kappa shape index (κ3) is 4.59. The number of ether oxygens (including phenoxy) is 2. The Hall–Kier alpha value is -2.31. The largest absolute Gasteiger partial charge is 0.504 e. The Bertz CT molecular complexity index is 613. The zero-order chi connectivity index (χ0) is 18.5. The van der Waals surface area contributed by atoms with E-state index in [1.807, 2.05) is 27.7 Å². The molecule has 24 heavy (non-hydrogen) atoms. The van der Waals surface area contributed by atoms with E-state index in [0.717, 1.165) is 6.07 Å². The molecule has 1 rings (SSSR count). The van der Waals surface area contributed by atoms with Gasteiger partial charge in [-0.3, -0.25) is 14.9 Å². The van der Waals surface area contributed by atoms with Gasteiger partial charge in [0.15, 0.2) is 11.5 Å². The maximum absolute atomic E-state index is 12.4. The van der Waals surface area contributed by atoms with Crippen molar-refractivity contribution in [1.82, 2.24) is 0 Å². The number of nitrogens with zero attached hydrogens (tertiary/aromatic N) is 1. The van der Waals surface area contributed by atoms with Crippen molar-refractivity contribution < 1.29 is 24.3 Å². The highest BCUT2D eigenvalue weighted by atomic mass is 16.6. The van der Waals surface area contributed by atoms with E-state index in [0.29, 0.717) is 18.8 Å². The van der Waals surface area contributed by atoms with Gasteiger partial charge in [-0.25, -0.2) is 0 Å². The highest BCUT2D eigenvalue weighted by Gasteiger charge is 2.34. The van der Waals surface area contributed by atoms with Gasteiger partial charge in [0.05, 0.1) is 29.1 Å². The first kappa shape index (κ1) is 19.7. The van der Waals surface area contributed by atoms with Gasteiger partial charge in [0.1, 0.15) is 6.61 Å². The first-order valence-corrected chi connectivity index (χ1v) is 7.86. The maximum atomic E-state index is 12.4. The van der Waals surface area contributed by atoms with E-state index >= 15 is 0 Å². The Morgan fingerprint density at radius 3 is 2.50 bits per heavy atom. The van der Waals surface area contributed by atoms with Crippen LogP contribution in [-0.2, 0) is 16.1 Å². The number of hydrogen-bond acceptors (Lipinski definition) is 6. The number of rotatable bonds is 8. The van der Waals surface area contributed by atoms with Crippen molar-refractivity contribution in [2.24, 2.45) is 11.3 Å². The summed E-state index contributed by atoms with van der Waals surface area (Å²) < 4.78 is 10.3. The number of benzene rings is 1. The van der Waals surface area contributed by atoms with Crippen LogP contribution in [0.3, 0.4) is 0 Å². The van der Waals surface area contributed by atoms with Crippen LogP contribution in [0.25, 0.3) is 0 Å². The van der Waals surface area contributed by atoms with Gasteiger partial charge in [-0.15, -0.1) is 0 Å². The Balaban J connectivity index is 3.01. The lowest BCUT2D eigenvalue weighted by atomic mass is 9.80. The minimum atomic E-state index is -0.635. The first-order valence-electron chi connectivity index (χ1n) is 7.86. The van der Waals surface area contributed by atoms with E-state index in [-0.39, 0.29) is 35.3 Å². The highest BCUT2D eigenvalue weighted by molar-refractivity contribution is 5.76. The summed E-state index contributed by atoms with van der Waals surface area (Å²) in [5.74, 6) is -0.310. The SMILES string of the molecule is CCC(C)(CC(C)C)C(=O)OCc1cc(OC)c(O)cc1[N+](=O)[O-]. The summed E-state index contributed by atoms with van der Waals surface area (Å²) >= 11 is 0. The van der Waals surface area contributed by atoms with Gasteiger partial charge in [-0.1, -0.05) is 20.8 Å². The molecule has 0 bridgehead atoms. The van der Waals surface area contributed by atoms with Crippen LogP contribution in [-0.4, -0.2) is 23.1 Å². The molecule has 1 unspecified atom stereocenters. The number of nitro benzene ring substituents is 1. The van der Waals surface area contributed by atoms with Gasteiger partial charge >= 0.3 is 5.97 Å². The van der Waals surface area contributed by atoms with E-state index in [1.165, 1.54) is 13.2 Å². The fourth-order valence-corrected chi connectivity index (χ4v) is 2.64. The van der Waals surface area contributed by atoms with E-state index in [1.54, 1.807) is 0 Å². The van der Waals surface area contributed by atoms with Gasteiger partial charge < -0.3 is 14.6 Å². The summed E-state index contributed by atoms with van der Waals surface area (Å²) in [6.45, 7) is 7.55. The van der Waals surface area contributed by atoms with Crippen LogP contribution in [0.5, 0.6) is 11.5 Å². The van der Waals surface area contributed by atoms with Crippen LogP contribution in [0.15, 0.2) is 12.1 Å². The topological polar surface area (TPSA) is 98.9 Å². The Labute approximate surface area is 141 Å². The Kier molecular flexibility index (Phi) is 6.57. The second-order valence-electron chi connectivity index (χ2n) is 6.50. The van der Waals surface area contributed by atoms with Gasteiger partial charge in [0, 0.05) is 0 Å². The van der Waals surface area contributed by atoms with E-state index in [9.17, 15) is 20.0 Å². The number of nitro groups is 1. The molecule has 0 aliphatic rings. The molecule has 0 spiro atoms. The number of esters is 1. The average molecular weight is 339 g/mol. The quantitative estimate of drug-likeness (QED) is 0.439. The molecule has 1 N–H and O–H groups in total. The van der Waals surface area contributed by atoms with Crippen molar-refractivity contribution in [3.8, 4) is 11.5 Å². The number of carbonyl (C=O) groups is 1. The van der Waals surface area contributed by atoms with Crippen LogP contribution < -0.4 is 4.74 Å². The number of aromatic hydroxyl groups is 1. The van der Waals surface area contributed by atoms with Crippen LogP contribution in [0, 0.1) is 21.4 Å². The van der Waals surface area contributed by atoms with Gasteiger partial charge in [-0.05, 0) is 31.7 Å². The molecule has 0 fully saturated rings. The number of phenols is 1. The summed E-state index contributed by atoms with van der Waals surface area (Å²) in [4.78, 5) is 22.9. The normalized spacial score (nSPS) is 13.4. The predicted octanol–water partition coefficient (Wildman–Crippen LogP) is 3.81. The van der Waals surface area contributed by atoms with Gasteiger partial charge in [-0.2, -0.15) is 0 Å². The predicted molar refractivity (Wildman–Crippen MR) is 89.0 cm³/mol. The minimum absolute atomic E-state index is 0.0899. The molecule has 0 saturated carbocycles. The van der Waals surface area contributed by atoms with Crippen molar-refractivity contribution in [3.05, 3.63) is 27.8 Å². The molecule has 0 aromatic heterocycles. The molecule has 7 nitrogen and oxygen atoms in total. The molecule has 7 heteroatoms. The third-order valence-corrected chi connectivity index (χ3v) is 4.07. The monoisotopic (exact) mass is 339 g/mol. The summed E-state index contributed by atoms with van der Waals surface area (Å²) in [6.07, 6.45) is 1.29. The lowest BCUT2D eigenvalue weighted by Gasteiger charge is -2.27. The molecule has 0 saturated heterocycles. The lowest BCUT2D eigenvalue weighted by molar-refractivity contribution is -0.386. The standard InChI is InChI=1S/C17H25NO6/c1-6-17(4,9-11(2)3)16(20)24-10-12-7-15(23-5)14(19)8-13(12)18(21)22/h7-8,11,19H,6,9-10H2,1-5H3. The van der Waals surface area contributed by atoms with E-state index in [4.69, 9.17) is 9.47 Å². The molecule has 0 aliphatic heterocycles. The second-order valence-corrected chi connectivity index (χ2v) is 6.50. The van der Waals surface area contributed by atoms with Crippen LogP contribution >= 0.6 is 0 Å². The van der Waals surface area contributed by atoms with E-state index in [2.05, 4.69) is 0 Å². The molecular formula is C17H25NO6. The minimum Gasteiger partial charge on any atom is -0.504 e. The first-order chi connectivity index (χ1) is 11.1. The van der Waals surface area contributed by atoms with Crippen molar-refractivity contribution in [1.29, 1.82) is 0 Å². The Morgan fingerprint density at radius 2 is 2.04 bits per heavy atom. The molecule has 1 atom stereocenters. The summed E-state index contributed by atoms with van der Waals surface area (Å²) in [7, 11) is 1.34. The molecule has 0 heterocycles. The fourth-order valence-electron chi connectivity index (χ4n) is 2.64. The zero-order valence-electron chi connectivity index (χ0n) is 14.8. The van der Waals surface area contributed by atoms with Crippen molar-refractivity contribution >= 4 is 11.7 Å². The molecule has 1 aromatic rings. The summed E-state index contributed by atoms with van der Waals surface area (Å²) in [5.41, 5.74) is -0.779. The van der Waals surface area contributed by atoms with Gasteiger partial charge in [0.25, 0.3) is 5.69 Å². The van der Waals surface area contributed by atoms with Crippen LogP contribution in [0.2, 0.25) is 0 Å². The maximum Gasteiger partial charge on any atom is 0.312 e. The average Bonchev–Trinajstić information content (AvgIpc) is 2.51.